The lowest BCUT2D eigenvalue weighted by atomic mass is 9.76. The molecular formula is C16H22Cl2F4N2. The molecule has 1 atom stereocenters. The van der Waals surface area contributed by atoms with Crippen LogP contribution in [-0.2, 0) is 6.18 Å². The summed E-state index contributed by atoms with van der Waals surface area (Å²) >= 11 is 0. The Hall–Kier alpha value is -0.560. The maximum Gasteiger partial charge on any atom is 0.416 e. The lowest BCUT2D eigenvalue weighted by molar-refractivity contribution is -0.137. The number of nitrogens with one attached hydrogen (secondary N) is 1. The Bertz CT molecular complexity index is 529. The van der Waals surface area contributed by atoms with E-state index in [1.165, 1.54) is 0 Å². The second kappa shape index (κ2) is 8.70. The number of hydrogen-bond donors (Lipinski definition) is 1. The van der Waals surface area contributed by atoms with E-state index in [2.05, 4.69) is 10.2 Å². The van der Waals surface area contributed by atoms with Gasteiger partial charge in [0.15, 0.2) is 0 Å². The lowest BCUT2D eigenvalue weighted by Gasteiger charge is -2.43. The Morgan fingerprint density at radius 2 is 1.71 bits per heavy atom. The van der Waals surface area contributed by atoms with Gasteiger partial charge in [-0.05, 0) is 37.0 Å². The van der Waals surface area contributed by atoms with Crippen molar-refractivity contribution in [3.05, 3.63) is 35.1 Å². The average Bonchev–Trinajstić information content (AvgIpc) is 2.43. The van der Waals surface area contributed by atoms with Crippen molar-refractivity contribution in [3.63, 3.8) is 0 Å². The first-order chi connectivity index (χ1) is 10.5. The Balaban J connectivity index is 0.00000144. The molecule has 1 aliphatic carbocycles. The van der Waals surface area contributed by atoms with E-state index in [4.69, 9.17) is 0 Å². The van der Waals surface area contributed by atoms with Crippen molar-refractivity contribution in [2.75, 3.05) is 26.2 Å². The van der Waals surface area contributed by atoms with Gasteiger partial charge >= 0.3 is 6.18 Å². The summed E-state index contributed by atoms with van der Waals surface area (Å²) in [5.74, 6) is -0.264. The van der Waals surface area contributed by atoms with Crippen LogP contribution in [0.2, 0.25) is 0 Å². The average molecular weight is 389 g/mol. The zero-order chi connectivity index (χ0) is 15.7. The first-order valence-electron chi connectivity index (χ1n) is 7.78. The van der Waals surface area contributed by atoms with E-state index in [0.29, 0.717) is 0 Å². The summed E-state index contributed by atoms with van der Waals surface area (Å²) in [7, 11) is 0. The molecule has 1 heterocycles. The molecule has 1 N–H and O–H groups in total. The Morgan fingerprint density at radius 3 is 2.21 bits per heavy atom. The van der Waals surface area contributed by atoms with Crippen LogP contribution in [0.3, 0.4) is 0 Å². The highest BCUT2D eigenvalue weighted by atomic mass is 35.5. The van der Waals surface area contributed by atoms with Crippen LogP contribution in [0.25, 0.3) is 0 Å². The van der Waals surface area contributed by atoms with Crippen molar-refractivity contribution in [1.29, 1.82) is 0 Å². The molecule has 0 aromatic heterocycles. The van der Waals surface area contributed by atoms with Gasteiger partial charge < -0.3 is 5.32 Å². The molecule has 2 aliphatic rings. The highest BCUT2D eigenvalue weighted by Crippen LogP contribution is 2.43. The van der Waals surface area contributed by atoms with Crippen LogP contribution in [-0.4, -0.2) is 31.1 Å². The third-order valence-corrected chi connectivity index (χ3v) is 4.78. The van der Waals surface area contributed by atoms with Crippen LogP contribution >= 0.6 is 24.8 Å². The van der Waals surface area contributed by atoms with Crippen LogP contribution in [0.15, 0.2) is 18.2 Å². The van der Waals surface area contributed by atoms with Gasteiger partial charge in [-0.25, -0.2) is 4.39 Å². The lowest BCUT2D eigenvalue weighted by Crippen LogP contribution is -2.48. The van der Waals surface area contributed by atoms with Gasteiger partial charge in [-0.3, -0.25) is 4.90 Å². The first-order valence-corrected chi connectivity index (χ1v) is 7.78. The van der Waals surface area contributed by atoms with Crippen molar-refractivity contribution in [2.45, 2.75) is 31.5 Å². The van der Waals surface area contributed by atoms with Gasteiger partial charge in [0.25, 0.3) is 0 Å². The van der Waals surface area contributed by atoms with E-state index in [0.717, 1.165) is 63.6 Å². The van der Waals surface area contributed by atoms with Crippen LogP contribution < -0.4 is 5.32 Å². The third-order valence-electron chi connectivity index (χ3n) is 4.78. The second-order valence-corrected chi connectivity index (χ2v) is 6.16. The molecule has 24 heavy (non-hydrogen) atoms. The van der Waals surface area contributed by atoms with Crippen LogP contribution in [0.4, 0.5) is 17.6 Å². The van der Waals surface area contributed by atoms with Crippen LogP contribution in [0.1, 0.15) is 36.4 Å². The monoisotopic (exact) mass is 388 g/mol. The highest BCUT2D eigenvalue weighted by Gasteiger charge is 2.37. The van der Waals surface area contributed by atoms with Crippen molar-refractivity contribution in [3.8, 4) is 0 Å². The van der Waals surface area contributed by atoms with Gasteiger partial charge in [-0.1, -0.05) is 6.42 Å². The summed E-state index contributed by atoms with van der Waals surface area (Å²) < 4.78 is 53.1. The van der Waals surface area contributed by atoms with E-state index in [1.807, 2.05) is 0 Å². The summed E-state index contributed by atoms with van der Waals surface area (Å²) in [6.07, 6.45) is -1.43. The minimum absolute atomic E-state index is 0. The van der Waals surface area contributed by atoms with Gasteiger partial charge in [-0.2, -0.15) is 13.2 Å². The molecule has 0 radical (unpaired) electrons. The fourth-order valence-corrected chi connectivity index (χ4v) is 3.41. The fraction of sp³-hybridized carbons (Fsp3) is 0.625. The normalized spacial score (nSPS) is 20.5. The van der Waals surface area contributed by atoms with E-state index in [9.17, 15) is 17.6 Å². The molecule has 1 aliphatic heterocycles. The Morgan fingerprint density at radius 1 is 1.08 bits per heavy atom. The Kier molecular flexibility index (Phi) is 7.78. The molecule has 2 fully saturated rings. The number of alkyl halides is 3. The van der Waals surface area contributed by atoms with Crippen molar-refractivity contribution in [1.82, 2.24) is 10.2 Å². The quantitative estimate of drug-likeness (QED) is 0.770. The smallest absolute Gasteiger partial charge is 0.314 e. The molecule has 1 saturated carbocycles. The largest absolute Gasteiger partial charge is 0.416 e. The summed E-state index contributed by atoms with van der Waals surface area (Å²) in [6, 6.07) is 2.57. The van der Waals surface area contributed by atoms with E-state index >= 15 is 0 Å². The predicted octanol–water partition coefficient (Wildman–Crippen LogP) is 4.43. The fourth-order valence-electron chi connectivity index (χ4n) is 3.41. The number of halogens is 6. The van der Waals surface area contributed by atoms with Crippen LogP contribution in [0, 0.1) is 11.7 Å². The third kappa shape index (κ3) is 4.54. The van der Waals surface area contributed by atoms with Crippen molar-refractivity contribution < 1.29 is 17.6 Å². The van der Waals surface area contributed by atoms with E-state index in [1.54, 1.807) is 0 Å². The van der Waals surface area contributed by atoms with Gasteiger partial charge in [-0.15, -0.1) is 24.8 Å². The molecule has 0 unspecified atom stereocenters. The highest BCUT2D eigenvalue weighted by molar-refractivity contribution is 5.85. The topological polar surface area (TPSA) is 15.3 Å². The van der Waals surface area contributed by atoms with Gasteiger partial charge in [0.05, 0.1) is 5.56 Å². The first kappa shape index (κ1) is 21.5. The van der Waals surface area contributed by atoms with E-state index in [-0.39, 0.29) is 42.3 Å². The molecule has 0 amide bonds. The minimum Gasteiger partial charge on any atom is -0.314 e. The van der Waals surface area contributed by atoms with Crippen molar-refractivity contribution >= 4 is 24.8 Å². The molecular weight excluding hydrogens is 367 g/mol. The summed E-state index contributed by atoms with van der Waals surface area (Å²) in [5.41, 5.74) is -0.551. The van der Waals surface area contributed by atoms with Gasteiger partial charge in [0.1, 0.15) is 5.82 Å². The van der Waals surface area contributed by atoms with Gasteiger partial charge in [0.2, 0.25) is 0 Å². The molecule has 8 heteroatoms. The second-order valence-electron chi connectivity index (χ2n) is 6.16. The molecule has 1 aromatic rings. The summed E-state index contributed by atoms with van der Waals surface area (Å²) in [5, 5.41) is 3.23. The molecule has 138 valence electrons. The van der Waals surface area contributed by atoms with E-state index < -0.39 is 17.6 Å². The Labute approximate surface area is 151 Å². The van der Waals surface area contributed by atoms with Crippen molar-refractivity contribution in [2.24, 2.45) is 5.92 Å². The molecule has 0 spiro atoms. The number of benzene rings is 1. The minimum atomic E-state index is -4.43. The molecule has 1 aromatic carbocycles. The molecule has 1 saturated heterocycles. The number of piperazine rings is 1. The number of rotatable bonds is 3. The summed E-state index contributed by atoms with van der Waals surface area (Å²) in [6.45, 7) is 3.08. The van der Waals surface area contributed by atoms with Gasteiger partial charge in [0, 0.05) is 37.8 Å². The zero-order valence-electron chi connectivity index (χ0n) is 13.1. The number of hydrogen-bond acceptors (Lipinski definition) is 2. The molecule has 0 bridgehead atoms. The number of nitrogens with zero attached hydrogens (tertiary/aromatic N) is 1. The maximum absolute atomic E-state index is 14.3. The molecule has 2 nitrogen and oxygen atoms in total. The zero-order valence-corrected chi connectivity index (χ0v) is 14.7. The standard InChI is InChI=1S/C16H20F4N2.2ClH/c17-14-5-4-12(16(18,19)20)10-13(14)15(11-2-1-3-11)22-8-6-21-7-9-22;;/h4-5,10-11,15,21H,1-3,6-9H2;2*1H/t15-;;/m1../s1. The summed E-state index contributed by atoms with van der Waals surface area (Å²) in [4.78, 5) is 2.14. The maximum atomic E-state index is 14.3. The molecule has 3 rings (SSSR count). The SMILES string of the molecule is Cl.Cl.Fc1ccc(C(F)(F)F)cc1[C@@H](C1CCC1)N1CCNCC1. The van der Waals surface area contributed by atoms with Crippen LogP contribution in [0.5, 0.6) is 0 Å². The predicted molar refractivity (Wildman–Crippen MR) is 90.4 cm³/mol.